The summed E-state index contributed by atoms with van der Waals surface area (Å²) in [6.45, 7) is 2.45. The molecular weight excluding hydrogens is 438 g/mol. The third-order valence-corrected chi connectivity index (χ3v) is 7.88. The molecule has 0 saturated carbocycles. The number of rotatable bonds is 15. The summed E-state index contributed by atoms with van der Waals surface area (Å²) in [6.07, 6.45) is 9.77. The second-order valence-electron chi connectivity index (χ2n) is 10.3. The van der Waals surface area contributed by atoms with Gasteiger partial charge in [-0.25, -0.2) is 0 Å². The van der Waals surface area contributed by atoms with E-state index < -0.39 is 35.2 Å². The molecule has 1 unspecified atom stereocenters. The standard InChI is InChI=1S/C26H41NO7/c1-2-3-8-12-19-20(14-18(28)11-9-6-4-5-7-10-13-24(31)32)34-26(33)17-25(19)21(15-22(26)29)27-16-23(25)30/h15,19-20,23,27,30,33H,2-14,16-17H2,1H3,(H,31,32)/t19-,20+,23+,25?,26-/m1/s1. The highest BCUT2D eigenvalue weighted by Gasteiger charge is 2.65. The van der Waals surface area contributed by atoms with Gasteiger partial charge in [-0.1, -0.05) is 51.9 Å². The predicted octanol–water partition coefficient (Wildman–Crippen LogP) is 3.24. The summed E-state index contributed by atoms with van der Waals surface area (Å²) in [7, 11) is 0. The summed E-state index contributed by atoms with van der Waals surface area (Å²) < 4.78 is 5.97. The summed E-state index contributed by atoms with van der Waals surface area (Å²) in [4.78, 5) is 36.1. The van der Waals surface area contributed by atoms with Crippen molar-refractivity contribution in [3.05, 3.63) is 11.8 Å². The highest BCUT2D eigenvalue weighted by Crippen LogP contribution is 2.58. The average Bonchev–Trinajstić information content (AvgIpc) is 3.07. The number of fused-ring (bicyclic) bond motifs is 1. The number of aliphatic hydroxyl groups is 2. The van der Waals surface area contributed by atoms with Gasteiger partial charge in [-0.2, -0.15) is 0 Å². The number of hydrogen-bond acceptors (Lipinski definition) is 7. The van der Waals surface area contributed by atoms with Crippen LogP contribution in [0.3, 0.4) is 0 Å². The van der Waals surface area contributed by atoms with Crippen molar-refractivity contribution < 1.29 is 34.4 Å². The van der Waals surface area contributed by atoms with E-state index in [-0.39, 0.29) is 31.0 Å². The van der Waals surface area contributed by atoms with Gasteiger partial charge in [0.15, 0.2) is 0 Å². The molecule has 2 aliphatic heterocycles. The molecule has 2 bridgehead atoms. The number of carbonyl (C=O) groups is 3. The summed E-state index contributed by atoms with van der Waals surface area (Å²) in [6, 6.07) is 0. The van der Waals surface area contributed by atoms with Crippen molar-refractivity contribution in [1.82, 2.24) is 5.32 Å². The Balaban J connectivity index is 1.59. The molecule has 8 heteroatoms. The lowest BCUT2D eigenvalue weighted by atomic mass is 9.58. The van der Waals surface area contributed by atoms with Crippen molar-refractivity contribution in [2.75, 3.05) is 6.54 Å². The normalized spacial score (nSPS) is 32.1. The highest BCUT2D eigenvalue weighted by atomic mass is 16.6. The van der Waals surface area contributed by atoms with E-state index in [1.165, 1.54) is 6.08 Å². The Morgan fingerprint density at radius 1 is 1.09 bits per heavy atom. The first-order chi connectivity index (χ1) is 16.2. The van der Waals surface area contributed by atoms with Crippen molar-refractivity contribution in [3.63, 3.8) is 0 Å². The molecule has 5 atom stereocenters. The zero-order valence-corrected chi connectivity index (χ0v) is 20.4. The number of ketones is 2. The van der Waals surface area contributed by atoms with E-state index in [4.69, 9.17) is 9.84 Å². The molecule has 2 heterocycles. The number of Topliss-reactive ketones (excluding diaryl/α,β-unsaturated/α-hetero) is 1. The minimum absolute atomic E-state index is 0.0300. The quantitative estimate of drug-likeness (QED) is 0.263. The van der Waals surface area contributed by atoms with Gasteiger partial charge in [-0.3, -0.25) is 14.4 Å². The van der Waals surface area contributed by atoms with Crippen LogP contribution in [0.5, 0.6) is 0 Å². The van der Waals surface area contributed by atoms with E-state index in [0.29, 0.717) is 25.1 Å². The smallest absolute Gasteiger partial charge is 0.303 e. The Kier molecular flexibility index (Phi) is 9.29. The van der Waals surface area contributed by atoms with Crippen LogP contribution in [0.2, 0.25) is 0 Å². The molecule has 0 aromatic heterocycles. The molecule has 4 N–H and O–H groups in total. The van der Waals surface area contributed by atoms with Crippen LogP contribution in [-0.4, -0.2) is 57.4 Å². The van der Waals surface area contributed by atoms with Gasteiger partial charge in [0, 0.05) is 49.4 Å². The Labute approximate surface area is 202 Å². The van der Waals surface area contributed by atoms with Crippen LogP contribution >= 0.6 is 0 Å². The fourth-order valence-electron chi connectivity index (χ4n) is 6.07. The Morgan fingerprint density at radius 3 is 2.44 bits per heavy atom. The van der Waals surface area contributed by atoms with Gasteiger partial charge in [0.05, 0.1) is 12.2 Å². The van der Waals surface area contributed by atoms with Crippen LogP contribution in [0.15, 0.2) is 11.8 Å². The topological polar surface area (TPSA) is 133 Å². The number of β-amino-alcohol motifs (C(OH)–C–C–N with tert-alkyl or cyclic N) is 1. The van der Waals surface area contributed by atoms with Gasteiger partial charge in [0.2, 0.25) is 11.6 Å². The minimum Gasteiger partial charge on any atom is -0.481 e. The van der Waals surface area contributed by atoms with E-state index in [1.807, 2.05) is 0 Å². The lowest BCUT2D eigenvalue weighted by molar-refractivity contribution is -0.287. The molecule has 0 amide bonds. The van der Waals surface area contributed by atoms with Gasteiger partial charge in [-0.05, 0) is 25.2 Å². The number of aliphatic carboxylic acids is 1. The van der Waals surface area contributed by atoms with Crippen LogP contribution in [-0.2, 0) is 19.1 Å². The van der Waals surface area contributed by atoms with Crippen LogP contribution in [0.4, 0.5) is 0 Å². The van der Waals surface area contributed by atoms with E-state index in [9.17, 15) is 24.6 Å². The molecule has 0 aromatic rings. The Morgan fingerprint density at radius 2 is 1.76 bits per heavy atom. The predicted molar refractivity (Wildman–Crippen MR) is 126 cm³/mol. The monoisotopic (exact) mass is 479 g/mol. The number of nitrogens with one attached hydrogen (secondary N) is 1. The maximum Gasteiger partial charge on any atom is 0.303 e. The number of carboxylic acids is 1. The maximum absolute atomic E-state index is 12.9. The van der Waals surface area contributed by atoms with Crippen molar-refractivity contribution in [2.45, 2.75) is 115 Å². The van der Waals surface area contributed by atoms with E-state index in [0.717, 1.165) is 57.8 Å². The molecule has 2 fully saturated rings. The van der Waals surface area contributed by atoms with Crippen molar-refractivity contribution in [1.29, 1.82) is 0 Å². The summed E-state index contributed by atoms with van der Waals surface area (Å²) >= 11 is 0. The van der Waals surface area contributed by atoms with Crippen LogP contribution < -0.4 is 5.32 Å². The second-order valence-corrected chi connectivity index (χ2v) is 10.3. The average molecular weight is 480 g/mol. The summed E-state index contributed by atoms with van der Waals surface area (Å²) in [5, 5.41) is 33.9. The Bertz CT molecular complexity index is 781. The fourth-order valence-corrected chi connectivity index (χ4v) is 6.07. The molecule has 3 rings (SSSR count). The van der Waals surface area contributed by atoms with Gasteiger partial charge in [0.1, 0.15) is 5.78 Å². The first-order valence-electron chi connectivity index (χ1n) is 13.0. The van der Waals surface area contributed by atoms with Crippen LogP contribution in [0.25, 0.3) is 0 Å². The van der Waals surface area contributed by atoms with Crippen molar-refractivity contribution in [3.8, 4) is 0 Å². The van der Waals surface area contributed by atoms with Gasteiger partial charge < -0.3 is 25.4 Å². The molecule has 0 aromatic carbocycles. The van der Waals surface area contributed by atoms with Crippen molar-refractivity contribution >= 4 is 17.5 Å². The first-order valence-corrected chi connectivity index (χ1v) is 13.0. The van der Waals surface area contributed by atoms with E-state index in [1.54, 1.807) is 0 Å². The van der Waals surface area contributed by atoms with Gasteiger partial charge >= 0.3 is 5.97 Å². The molecular formula is C26H41NO7. The van der Waals surface area contributed by atoms with Gasteiger partial charge in [-0.15, -0.1) is 0 Å². The number of unbranched alkanes of at least 4 members (excludes halogenated alkanes) is 7. The second kappa shape index (κ2) is 11.8. The lowest BCUT2D eigenvalue weighted by Gasteiger charge is -2.54. The molecule has 0 radical (unpaired) electrons. The SMILES string of the molecule is CCCCC[C@@H]1[C@H](CC(=O)CCCCCCCCC(=O)O)O[C@]2(O)CC13C(=CC2=O)NC[C@@H]3O. The molecule has 1 spiro atoms. The number of carboxylic acid groups (broad SMARTS) is 1. The molecule has 3 aliphatic rings. The van der Waals surface area contributed by atoms with E-state index in [2.05, 4.69) is 12.2 Å². The third-order valence-electron chi connectivity index (χ3n) is 7.88. The number of ether oxygens (including phenoxy) is 1. The summed E-state index contributed by atoms with van der Waals surface area (Å²) in [5.74, 6) is -3.37. The Hall–Kier alpha value is -1.77. The molecule has 1 aliphatic carbocycles. The van der Waals surface area contributed by atoms with Crippen LogP contribution in [0, 0.1) is 11.3 Å². The fraction of sp³-hybridized carbons (Fsp3) is 0.808. The zero-order valence-electron chi connectivity index (χ0n) is 20.4. The first kappa shape index (κ1) is 26.8. The zero-order chi connectivity index (χ0) is 24.8. The third kappa shape index (κ3) is 5.89. The summed E-state index contributed by atoms with van der Waals surface area (Å²) in [5.41, 5.74) is -0.102. The highest BCUT2D eigenvalue weighted by molar-refractivity contribution is 5.98. The van der Waals surface area contributed by atoms with Crippen LogP contribution in [0.1, 0.15) is 96.8 Å². The minimum atomic E-state index is -1.99. The number of hydrogen-bond donors (Lipinski definition) is 4. The maximum atomic E-state index is 12.9. The molecule has 8 nitrogen and oxygen atoms in total. The van der Waals surface area contributed by atoms with Gasteiger partial charge in [0.25, 0.3) is 0 Å². The lowest BCUT2D eigenvalue weighted by Crippen LogP contribution is -2.63. The molecule has 2 saturated heterocycles. The number of carbonyl (C=O) groups excluding carboxylic acids is 2. The number of aliphatic hydroxyl groups excluding tert-OH is 1. The molecule has 192 valence electrons. The van der Waals surface area contributed by atoms with E-state index >= 15 is 0 Å². The largest absolute Gasteiger partial charge is 0.481 e. The molecule has 34 heavy (non-hydrogen) atoms. The van der Waals surface area contributed by atoms with Crippen molar-refractivity contribution in [2.24, 2.45) is 11.3 Å².